The molecular formula is C13H11FN2O3. The van der Waals surface area contributed by atoms with Crippen molar-refractivity contribution in [2.75, 3.05) is 0 Å². The number of rotatable bonds is 2. The van der Waals surface area contributed by atoms with Crippen LogP contribution in [0.3, 0.4) is 0 Å². The lowest BCUT2D eigenvalue weighted by Crippen LogP contribution is -2.23. The molecule has 19 heavy (non-hydrogen) atoms. The van der Waals surface area contributed by atoms with E-state index in [-0.39, 0.29) is 11.3 Å². The molecule has 1 N–H and O–H groups in total. The monoisotopic (exact) mass is 262 g/mol. The molecule has 5 nitrogen and oxygen atoms in total. The van der Waals surface area contributed by atoms with Crippen molar-refractivity contribution in [3.63, 3.8) is 0 Å². The lowest BCUT2D eigenvalue weighted by atomic mass is 10.2. The zero-order chi connectivity index (χ0) is 14.2. The van der Waals surface area contributed by atoms with Crippen LogP contribution in [-0.2, 0) is 0 Å². The number of halogens is 1. The average Bonchev–Trinajstić information content (AvgIpc) is 2.35. The van der Waals surface area contributed by atoms with Gasteiger partial charge < -0.3 is 5.11 Å². The molecule has 2 rings (SSSR count). The number of benzene rings is 1. The van der Waals surface area contributed by atoms with Crippen molar-refractivity contribution >= 4 is 5.97 Å². The van der Waals surface area contributed by atoms with Crippen molar-refractivity contribution in [3.8, 4) is 5.69 Å². The van der Waals surface area contributed by atoms with Crippen molar-refractivity contribution < 1.29 is 14.3 Å². The molecule has 6 heteroatoms. The first-order valence-electron chi connectivity index (χ1n) is 5.50. The van der Waals surface area contributed by atoms with Gasteiger partial charge in [-0.25, -0.2) is 13.9 Å². The Labute approximate surface area is 107 Å². The van der Waals surface area contributed by atoms with E-state index < -0.39 is 22.9 Å². The molecule has 1 aromatic heterocycles. The van der Waals surface area contributed by atoms with Gasteiger partial charge in [0.25, 0.3) is 0 Å². The first-order valence-corrected chi connectivity index (χ1v) is 5.50. The molecule has 0 aliphatic rings. The first-order chi connectivity index (χ1) is 8.90. The van der Waals surface area contributed by atoms with E-state index in [0.717, 1.165) is 10.2 Å². The average molecular weight is 262 g/mol. The molecule has 0 bridgehead atoms. The Kier molecular flexibility index (Phi) is 3.16. The first kappa shape index (κ1) is 12.9. The predicted molar refractivity (Wildman–Crippen MR) is 66.2 cm³/mol. The second-order valence-corrected chi connectivity index (χ2v) is 4.19. The van der Waals surface area contributed by atoms with Gasteiger partial charge in [-0.3, -0.25) is 4.79 Å². The molecule has 0 radical (unpaired) electrons. The van der Waals surface area contributed by atoms with Crippen molar-refractivity contribution in [2.45, 2.75) is 13.8 Å². The van der Waals surface area contributed by atoms with Crippen LogP contribution in [0, 0.1) is 19.7 Å². The molecule has 0 aliphatic carbocycles. The van der Waals surface area contributed by atoms with E-state index >= 15 is 0 Å². The third kappa shape index (κ3) is 2.37. The summed E-state index contributed by atoms with van der Waals surface area (Å²) in [5.41, 5.74) is -0.206. The summed E-state index contributed by atoms with van der Waals surface area (Å²) in [4.78, 5) is 22.5. The van der Waals surface area contributed by atoms with Crippen molar-refractivity contribution in [1.29, 1.82) is 0 Å². The molecule has 0 amide bonds. The smallest absolute Gasteiger partial charge is 0.360 e. The largest absolute Gasteiger partial charge is 0.476 e. The molecule has 0 fully saturated rings. The third-order valence-corrected chi connectivity index (χ3v) is 2.65. The van der Waals surface area contributed by atoms with Crippen LogP contribution in [0.15, 0.2) is 29.2 Å². The minimum Gasteiger partial charge on any atom is -0.476 e. The van der Waals surface area contributed by atoms with Gasteiger partial charge in [0.15, 0.2) is 0 Å². The number of carboxylic acids is 1. The maximum absolute atomic E-state index is 13.7. The number of aryl methyl sites for hydroxylation is 2. The molecule has 0 unspecified atom stereocenters. The van der Waals surface area contributed by atoms with E-state index in [4.69, 9.17) is 5.11 Å². The number of nitrogens with zero attached hydrogens (tertiary/aromatic N) is 2. The standard InChI is InChI=1S/C13H11FN2O3/c1-7-3-4-9(14)10(5-7)16-6-8(2)12(17)11(15-16)13(18)19/h3-6H,1-2H3,(H,18,19). The summed E-state index contributed by atoms with van der Waals surface area (Å²) in [6.45, 7) is 3.23. The molecule has 0 saturated carbocycles. The second-order valence-electron chi connectivity index (χ2n) is 4.19. The van der Waals surface area contributed by atoms with Crippen molar-refractivity contribution in [3.05, 3.63) is 57.3 Å². The van der Waals surface area contributed by atoms with Gasteiger partial charge in [-0.05, 0) is 31.5 Å². The van der Waals surface area contributed by atoms with Gasteiger partial charge in [0.2, 0.25) is 11.1 Å². The highest BCUT2D eigenvalue weighted by molar-refractivity contribution is 5.85. The number of hydrogen-bond acceptors (Lipinski definition) is 3. The Morgan fingerprint density at radius 1 is 1.37 bits per heavy atom. The Balaban J connectivity index is 2.73. The summed E-state index contributed by atoms with van der Waals surface area (Å²) in [5.74, 6) is -1.98. The molecule has 98 valence electrons. The molecule has 0 aliphatic heterocycles. The van der Waals surface area contributed by atoms with Crippen LogP contribution >= 0.6 is 0 Å². The Morgan fingerprint density at radius 3 is 2.68 bits per heavy atom. The van der Waals surface area contributed by atoms with E-state index in [1.165, 1.54) is 25.3 Å². The summed E-state index contributed by atoms with van der Waals surface area (Å²) in [6, 6.07) is 4.38. The number of carbonyl (C=O) groups is 1. The van der Waals surface area contributed by atoms with E-state index in [9.17, 15) is 14.0 Å². The fourth-order valence-electron chi connectivity index (χ4n) is 1.67. The summed E-state index contributed by atoms with van der Waals surface area (Å²) in [5, 5.41) is 12.6. The topological polar surface area (TPSA) is 72.2 Å². The molecule has 0 saturated heterocycles. The van der Waals surface area contributed by atoms with Gasteiger partial charge in [-0.1, -0.05) is 6.07 Å². The van der Waals surface area contributed by atoms with Gasteiger partial charge in [0.05, 0.1) is 0 Å². The van der Waals surface area contributed by atoms with Gasteiger partial charge in [-0.15, -0.1) is 0 Å². The number of aromatic carboxylic acids is 1. The minimum absolute atomic E-state index is 0.102. The second kappa shape index (κ2) is 4.64. The molecular weight excluding hydrogens is 251 g/mol. The van der Waals surface area contributed by atoms with Gasteiger partial charge in [-0.2, -0.15) is 5.10 Å². The summed E-state index contributed by atoms with van der Waals surface area (Å²) in [6.07, 6.45) is 1.31. The predicted octanol–water partition coefficient (Wildman–Crippen LogP) is 1.69. The summed E-state index contributed by atoms with van der Waals surface area (Å²) in [7, 11) is 0. The number of carboxylic acid groups (broad SMARTS) is 1. The van der Waals surface area contributed by atoms with Gasteiger partial charge in [0, 0.05) is 11.8 Å². The molecule has 0 atom stereocenters. The summed E-state index contributed by atoms with van der Waals surface area (Å²) < 4.78 is 14.8. The quantitative estimate of drug-likeness (QED) is 0.893. The van der Waals surface area contributed by atoms with E-state index in [1.54, 1.807) is 13.0 Å². The highest BCUT2D eigenvalue weighted by Gasteiger charge is 2.15. The molecule has 1 aromatic carbocycles. The normalized spacial score (nSPS) is 10.5. The Hall–Kier alpha value is -2.50. The lowest BCUT2D eigenvalue weighted by molar-refractivity contribution is 0.0686. The minimum atomic E-state index is -1.43. The molecule has 2 aromatic rings. The zero-order valence-corrected chi connectivity index (χ0v) is 10.3. The van der Waals surface area contributed by atoms with E-state index in [2.05, 4.69) is 5.10 Å². The van der Waals surface area contributed by atoms with Crippen LogP contribution in [0.1, 0.15) is 21.6 Å². The number of aromatic nitrogens is 2. The summed E-state index contributed by atoms with van der Waals surface area (Å²) >= 11 is 0. The lowest BCUT2D eigenvalue weighted by Gasteiger charge is -2.09. The van der Waals surface area contributed by atoms with Crippen LogP contribution in [-0.4, -0.2) is 20.9 Å². The maximum atomic E-state index is 13.7. The molecule has 1 heterocycles. The van der Waals surface area contributed by atoms with Crippen LogP contribution in [0.2, 0.25) is 0 Å². The Bertz CT molecular complexity index is 722. The maximum Gasteiger partial charge on any atom is 0.360 e. The SMILES string of the molecule is Cc1ccc(F)c(-n2cc(C)c(=O)c(C(=O)O)n2)c1. The highest BCUT2D eigenvalue weighted by atomic mass is 19.1. The van der Waals surface area contributed by atoms with Gasteiger partial charge >= 0.3 is 5.97 Å². The van der Waals surface area contributed by atoms with Crippen LogP contribution in [0.25, 0.3) is 5.69 Å². The Morgan fingerprint density at radius 2 is 2.05 bits per heavy atom. The van der Waals surface area contributed by atoms with Crippen LogP contribution in [0.5, 0.6) is 0 Å². The zero-order valence-electron chi connectivity index (χ0n) is 10.3. The molecule has 0 spiro atoms. The van der Waals surface area contributed by atoms with E-state index in [1.807, 2.05) is 0 Å². The van der Waals surface area contributed by atoms with Crippen LogP contribution < -0.4 is 5.43 Å². The highest BCUT2D eigenvalue weighted by Crippen LogP contribution is 2.14. The third-order valence-electron chi connectivity index (χ3n) is 2.65. The van der Waals surface area contributed by atoms with E-state index in [0.29, 0.717) is 0 Å². The van der Waals surface area contributed by atoms with Crippen LogP contribution in [0.4, 0.5) is 4.39 Å². The fraction of sp³-hybridized carbons (Fsp3) is 0.154. The van der Waals surface area contributed by atoms with Crippen molar-refractivity contribution in [1.82, 2.24) is 9.78 Å². The fourth-order valence-corrected chi connectivity index (χ4v) is 1.67. The number of hydrogen-bond donors (Lipinski definition) is 1. The van der Waals surface area contributed by atoms with Gasteiger partial charge in [0.1, 0.15) is 11.5 Å². The van der Waals surface area contributed by atoms with Crippen molar-refractivity contribution in [2.24, 2.45) is 0 Å².